The van der Waals surface area contributed by atoms with E-state index in [2.05, 4.69) is 39.5 Å². The number of nitrogens with one attached hydrogen (secondary N) is 1. The van der Waals surface area contributed by atoms with E-state index in [4.69, 9.17) is 0 Å². The Bertz CT molecular complexity index is 1000. The molecule has 2 aliphatic heterocycles. The Morgan fingerprint density at radius 3 is 2.35 bits per heavy atom. The fourth-order valence-electron chi connectivity index (χ4n) is 5.89. The molecule has 0 spiro atoms. The summed E-state index contributed by atoms with van der Waals surface area (Å²) < 4.78 is 0. The van der Waals surface area contributed by atoms with E-state index in [1.807, 2.05) is 30.9 Å². The smallest absolute Gasteiger partial charge is 0.255 e. The summed E-state index contributed by atoms with van der Waals surface area (Å²) in [6.07, 6.45) is 5.91. The van der Waals surface area contributed by atoms with Crippen molar-refractivity contribution in [3.8, 4) is 0 Å². The molecule has 2 saturated heterocycles. The summed E-state index contributed by atoms with van der Waals surface area (Å²) in [6.45, 7) is 8.59. The van der Waals surface area contributed by atoms with E-state index in [1.165, 1.54) is 12.0 Å². The van der Waals surface area contributed by atoms with Crippen molar-refractivity contribution in [3.05, 3.63) is 65.0 Å². The molecule has 2 unspecified atom stereocenters. The molecule has 0 bridgehead atoms. The van der Waals surface area contributed by atoms with Crippen LogP contribution in [0.2, 0.25) is 0 Å². The monoisotopic (exact) mass is 460 g/mol. The second kappa shape index (κ2) is 9.87. The zero-order valence-electron chi connectivity index (χ0n) is 20.4. The van der Waals surface area contributed by atoms with Gasteiger partial charge in [0.15, 0.2) is 0 Å². The molecular formula is C28H36N4O2. The van der Waals surface area contributed by atoms with Gasteiger partial charge in [-0.25, -0.2) is 0 Å². The number of amides is 2. The summed E-state index contributed by atoms with van der Waals surface area (Å²) in [5.41, 5.74) is 3.78. The largest absolute Gasteiger partial charge is 0.349 e. The van der Waals surface area contributed by atoms with Gasteiger partial charge in [-0.1, -0.05) is 36.8 Å². The summed E-state index contributed by atoms with van der Waals surface area (Å²) in [4.78, 5) is 34.8. The lowest BCUT2D eigenvalue weighted by atomic mass is 9.84. The molecule has 0 radical (unpaired) electrons. The van der Waals surface area contributed by atoms with Crippen LogP contribution in [-0.4, -0.2) is 59.3 Å². The van der Waals surface area contributed by atoms with Crippen LogP contribution in [0.15, 0.2) is 42.6 Å². The highest BCUT2D eigenvalue weighted by Gasteiger charge is 2.42. The predicted molar refractivity (Wildman–Crippen MR) is 132 cm³/mol. The first-order chi connectivity index (χ1) is 16.5. The van der Waals surface area contributed by atoms with E-state index < -0.39 is 0 Å². The van der Waals surface area contributed by atoms with Gasteiger partial charge >= 0.3 is 0 Å². The number of likely N-dealkylation sites (tertiary alicyclic amines) is 2. The van der Waals surface area contributed by atoms with Crippen LogP contribution in [0.25, 0.3) is 0 Å². The Hall–Kier alpha value is -2.73. The minimum Gasteiger partial charge on any atom is -0.349 e. The molecule has 1 aliphatic carbocycles. The topological polar surface area (TPSA) is 65.5 Å². The molecule has 2 amide bonds. The van der Waals surface area contributed by atoms with Gasteiger partial charge in [-0.05, 0) is 62.1 Å². The SMILES string of the molecule is Cc1ccnc(C)c1C(=O)N1CC2CN(CC[C@H](NC(=O)C3CCC3)c3ccccc3)CC2C1. The second-order valence-electron chi connectivity index (χ2n) is 10.5. The molecule has 3 fully saturated rings. The minimum atomic E-state index is 0.0596. The molecule has 1 saturated carbocycles. The van der Waals surface area contributed by atoms with E-state index >= 15 is 0 Å². The predicted octanol–water partition coefficient (Wildman–Crippen LogP) is 3.75. The number of hydrogen-bond donors (Lipinski definition) is 1. The number of carbonyl (C=O) groups is 2. The van der Waals surface area contributed by atoms with E-state index in [0.717, 1.165) is 68.8 Å². The van der Waals surface area contributed by atoms with Crippen molar-refractivity contribution in [1.82, 2.24) is 20.1 Å². The zero-order valence-corrected chi connectivity index (χ0v) is 20.4. The third-order valence-electron chi connectivity index (χ3n) is 8.14. The van der Waals surface area contributed by atoms with Crippen LogP contribution in [-0.2, 0) is 4.79 Å². The van der Waals surface area contributed by atoms with Gasteiger partial charge in [-0.15, -0.1) is 0 Å². The number of aryl methyl sites for hydroxylation is 2. The average Bonchev–Trinajstić information content (AvgIpc) is 3.35. The molecule has 1 aromatic heterocycles. The number of hydrogen-bond acceptors (Lipinski definition) is 4. The number of pyridine rings is 1. The molecular weight excluding hydrogens is 424 g/mol. The van der Waals surface area contributed by atoms with Crippen LogP contribution in [0.4, 0.5) is 0 Å². The Morgan fingerprint density at radius 2 is 1.74 bits per heavy atom. The van der Waals surface area contributed by atoms with Gasteiger partial charge in [0.25, 0.3) is 5.91 Å². The quantitative estimate of drug-likeness (QED) is 0.684. The minimum absolute atomic E-state index is 0.0596. The number of benzene rings is 1. The molecule has 180 valence electrons. The number of rotatable bonds is 7. The fraction of sp³-hybridized carbons (Fsp3) is 0.536. The number of fused-ring (bicyclic) bond motifs is 1. The summed E-state index contributed by atoms with van der Waals surface area (Å²) in [5.74, 6) is 1.61. The second-order valence-corrected chi connectivity index (χ2v) is 10.5. The van der Waals surface area contributed by atoms with E-state index in [-0.39, 0.29) is 23.8 Å². The highest BCUT2D eigenvalue weighted by atomic mass is 16.2. The van der Waals surface area contributed by atoms with Crippen LogP contribution in [0.5, 0.6) is 0 Å². The Labute approximate surface area is 202 Å². The van der Waals surface area contributed by atoms with Crippen molar-refractivity contribution in [2.24, 2.45) is 17.8 Å². The Morgan fingerprint density at radius 1 is 1.03 bits per heavy atom. The third kappa shape index (κ3) is 4.74. The first kappa shape index (κ1) is 23.0. The van der Waals surface area contributed by atoms with Gasteiger partial charge < -0.3 is 15.1 Å². The summed E-state index contributed by atoms with van der Waals surface area (Å²) in [6, 6.07) is 12.4. The van der Waals surface area contributed by atoms with E-state index in [1.54, 1.807) is 6.20 Å². The molecule has 3 heterocycles. The molecule has 6 nitrogen and oxygen atoms in total. The molecule has 1 N–H and O–H groups in total. The lowest BCUT2D eigenvalue weighted by Gasteiger charge is -2.29. The normalized spacial score (nSPS) is 23.4. The van der Waals surface area contributed by atoms with E-state index in [9.17, 15) is 9.59 Å². The molecule has 34 heavy (non-hydrogen) atoms. The van der Waals surface area contributed by atoms with Crippen LogP contribution < -0.4 is 5.32 Å². The first-order valence-electron chi connectivity index (χ1n) is 12.8. The standard InChI is InChI=1S/C28H36N4O2/c1-19-11-13-29-20(2)26(19)28(34)32-17-23-15-31(16-24(23)18-32)14-12-25(21-7-4-3-5-8-21)30-27(33)22-9-6-10-22/h3-5,7-8,11,13,22-25H,6,9-10,12,14-18H2,1-2H3,(H,30,33)/t23?,24?,25-/m0/s1. The van der Waals surface area contributed by atoms with Crippen molar-refractivity contribution in [2.45, 2.75) is 45.6 Å². The molecule has 2 aromatic rings. The van der Waals surface area contributed by atoms with Gasteiger partial charge in [0, 0.05) is 44.8 Å². The van der Waals surface area contributed by atoms with Gasteiger partial charge in [-0.2, -0.15) is 0 Å². The van der Waals surface area contributed by atoms with Crippen molar-refractivity contribution in [1.29, 1.82) is 0 Å². The Kier molecular flexibility index (Phi) is 6.68. The van der Waals surface area contributed by atoms with Crippen LogP contribution in [0.3, 0.4) is 0 Å². The molecule has 3 aliphatic rings. The molecule has 5 rings (SSSR count). The fourth-order valence-corrected chi connectivity index (χ4v) is 5.89. The van der Waals surface area contributed by atoms with Crippen LogP contribution >= 0.6 is 0 Å². The first-order valence-corrected chi connectivity index (χ1v) is 12.8. The maximum absolute atomic E-state index is 13.2. The maximum atomic E-state index is 13.2. The molecule has 6 heteroatoms. The van der Waals surface area contributed by atoms with Crippen molar-refractivity contribution in [2.75, 3.05) is 32.7 Å². The van der Waals surface area contributed by atoms with Crippen LogP contribution in [0.1, 0.15) is 58.9 Å². The molecule has 1 aromatic carbocycles. The third-order valence-corrected chi connectivity index (χ3v) is 8.14. The highest BCUT2D eigenvalue weighted by Crippen LogP contribution is 2.33. The zero-order chi connectivity index (χ0) is 23.7. The van der Waals surface area contributed by atoms with Crippen molar-refractivity contribution >= 4 is 11.8 Å². The van der Waals surface area contributed by atoms with Gasteiger partial charge in [0.2, 0.25) is 5.91 Å². The molecule has 3 atom stereocenters. The number of aromatic nitrogens is 1. The number of nitrogens with zero attached hydrogens (tertiary/aromatic N) is 3. The van der Waals surface area contributed by atoms with Crippen LogP contribution in [0, 0.1) is 31.6 Å². The lowest BCUT2D eigenvalue weighted by molar-refractivity contribution is -0.128. The van der Waals surface area contributed by atoms with Crippen molar-refractivity contribution in [3.63, 3.8) is 0 Å². The van der Waals surface area contributed by atoms with Gasteiger partial charge in [-0.3, -0.25) is 14.6 Å². The van der Waals surface area contributed by atoms with E-state index in [0.29, 0.717) is 11.8 Å². The summed E-state index contributed by atoms with van der Waals surface area (Å²) >= 11 is 0. The summed E-state index contributed by atoms with van der Waals surface area (Å²) in [5, 5.41) is 3.34. The Balaban J connectivity index is 1.17. The summed E-state index contributed by atoms with van der Waals surface area (Å²) in [7, 11) is 0. The lowest BCUT2D eigenvalue weighted by Crippen LogP contribution is -2.39. The maximum Gasteiger partial charge on any atom is 0.255 e. The highest BCUT2D eigenvalue weighted by molar-refractivity contribution is 5.96. The van der Waals surface area contributed by atoms with Gasteiger partial charge in [0.05, 0.1) is 17.3 Å². The average molecular weight is 461 g/mol. The van der Waals surface area contributed by atoms with Gasteiger partial charge in [0.1, 0.15) is 0 Å². The number of carbonyl (C=O) groups excluding carboxylic acids is 2. The van der Waals surface area contributed by atoms with Crippen molar-refractivity contribution < 1.29 is 9.59 Å².